The molecule has 0 bridgehead atoms. The molecule has 6 heteroatoms. The van der Waals surface area contributed by atoms with Crippen molar-refractivity contribution in [1.29, 1.82) is 0 Å². The second-order valence-electron chi connectivity index (χ2n) is 4.53. The van der Waals surface area contributed by atoms with Crippen molar-refractivity contribution in [2.75, 3.05) is 0 Å². The average Bonchev–Trinajstić information content (AvgIpc) is 2.45. The van der Waals surface area contributed by atoms with E-state index >= 15 is 0 Å². The summed E-state index contributed by atoms with van der Waals surface area (Å²) in [4.78, 5) is 3.33. The molecule has 0 radical (unpaired) electrons. The maximum Gasteiger partial charge on any atom is 0.433 e. The third kappa shape index (κ3) is 3.36. The lowest BCUT2D eigenvalue weighted by molar-refractivity contribution is -0.141. The van der Waals surface area contributed by atoms with E-state index in [0.717, 1.165) is 17.7 Å². The number of aliphatic hydroxyl groups is 1. The monoisotopic (exact) mass is 315 g/mol. The molecule has 21 heavy (non-hydrogen) atoms. The third-order valence-corrected chi connectivity index (χ3v) is 3.50. The molecule has 1 unspecified atom stereocenters. The number of aromatic nitrogens is 1. The fourth-order valence-electron chi connectivity index (χ4n) is 2.10. The van der Waals surface area contributed by atoms with Gasteiger partial charge in [-0.2, -0.15) is 13.2 Å². The molecule has 1 N–H and O–H groups in total. The zero-order valence-electron chi connectivity index (χ0n) is 11.2. The van der Waals surface area contributed by atoms with Gasteiger partial charge in [-0.25, -0.2) is 4.98 Å². The first-order valence-corrected chi connectivity index (χ1v) is 6.72. The Balaban J connectivity index is 2.42. The van der Waals surface area contributed by atoms with Gasteiger partial charge in [-0.15, -0.1) is 0 Å². The minimum atomic E-state index is -4.56. The number of hydrogen-bond donors (Lipinski definition) is 1. The van der Waals surface area contributed by atoms with Gasteiger partial charge in [-0.1, -0.05) is 48.9 Å². The van der Waals surface area contributed by atoms with Crippen LogP contribution in [0.1, 0.15) is 35.4 Å². The number of aryl methyl sites for hydroxylation is 1. The summed E-state index contributed by atoms with van der Waals surface area (Å²) in [5.41, 5.74) is 0.599. The van der Waals surface area contributed by atoms with Crippen LogP contribution in [0.5, 0.6) is 0 Å². The first-order chi connectivity index (χ1) is 9.84. The predicted molar refractivity (Wildman–Crippen MR) is 74.1 cm³/mol. The Morgan fingerprint density at radius 3 is 2.38 bits per heavy atom. The normalized spacial score (nSPS) is 13.2. The van der Waals surface area contributed by atoms with Crippen LogP contribution in [-0.2, 0) is 12.6 Å². The van der Waals surface area contributed by atoms with Crippen LogP contribution in [-0.4, -0.2) is 10.1 Å². The lowest BCUT2D eigenvalue weighted by Gasteiger charge is -2.17. The molecule has 1 aromatic carbocycles. The average molecular weight is 316 g/mol. The lowest BCUT2D eigenvalue weighted by atomic mass is 9.96. The van der Waals surface area contributed by atoms with Crippen LogP contribution in [0.25, 0.3) is 0 Å². The molecule has 2 nitrogen and oxygen atoms in total. The summed E-state index contributed by atoms with van der Waals surface area (Å²) in [5, 5.41) is 10.0. The van der Waals surface area contributed by atoms with Crippen molar-refractivity contribution >= 4 is 11.6 Å². The van der Waals surface area contributed by atoms with Crippen LogP contribution < -0.4 is 0 Å². The highest BCUT2D eigenvalue weighted by Gasteiger charge is 2.33. The number of halogens is 4. The van der Waals surface area contributed by atoms with E-state index < -0.39 is 18.0 Å². The maximum atomic E-state index is 12.6. The summed E-state index contributed by atoms with van der Waals surface area (Å²) in [6.45, 7) is 1.93. The van der Waals surface area contributed by atoms with Gasteiger partial charge in [0.05, 0.1) is 0 Å². The molecule has 112 valence electrons. The summed E-state index contributed by atoms with van der Waals surface area (Å²) in [5.74, 6) is 0. The second-order valence-corrected chi connectivity index (χ2v) is 4.89. The Kier molecular flexibility index (Phi) is 4.54. The van der Waals surface area contributed by atoms with Crippen LogP contribution >= 0.6 is 11.6 Å². The van der Waals surface area contributed by atoms with Gasteiger partial charge >= 0.3 is 6.18 Å². The van der Waals surface area contributed by atoms with Gasteiger partial charge in [0.25, 0.3) is 0 Å². The molecule has 0 saturated heterocycles. The predicted octanol–water partition coefficient (Wildman–Crippen LogP) is 4.40. The molecule has 2 rings (SSSR count). The van der Waals surface area contributed by atoms with Crippen molar-refractivity contribution in [2.24, 2.45) is 0 Å². The molecule has 1 atom stereocenters. The Labute approximate surface area is 125 Å². The maximum absolute atomic E-state index is 12.6. The Hall–Kier alpha value is -1.59. The minimum absolute atomic E-state index is 0.158. The fourth-order valence-corrected chi connectivity index (χ4v) is 2.35. The van der Waals surface area contributed by atoms with Crippen molar-refractivity contribution in [3.05, 3.63) is 63.9 Å². The molecular weight excluding hydrogens is 303 g/mol. The van der Waals surface area contributed by atoms with E-state index in [0.29, 0.717) is 12.0 Å². The smallest absolute Gasteiger partial charge is 0.384 e. The highest BCUT2D eigenvalue weighted by atomic mass is 35.5. The van der Waals surface area contributed by atoms with Gasteiger partial charge in [0, 0.05) is 5.56 Å². The standard InChI is InChI=1S/C15H13ClF3NO/c1-2-9-5-3-4-6-10(9)13(21)11-7-8-12(15(17,18)19)20-14(11)16/h3-8,13,21H,2H2,1H3. The van der Waals surface area contributed by atoms with Crippen LogP contribution in [0.15, 0.2) is 36.4 Å². The molecule has 0 amide bonds. The van der Waals surface area contributed by atoms with E-state index in [1.807, 2.05) is 19.1 Å². The first-order valence-electron chi connectivity index (χ1n) is 6.34. The van der Waals surface area contributed by atoms with Crippen LogP contribution in [0.3, 0.4) is 0 Å². The first kappa shape index (κ1) is 15.8. The zero-order valence-corrected chi connectivity index (χ0v) is 11.9. The molecule has 0 spiro atoms. The van der Waals surface area contributed by atoms with Crippen molar-refractivity contribution in [2.45, 2.75) is 25.6 Å². The van der Waals surface area contributed by atoms with Crippen molar-refractivity contribution < 1.29 is 18.3 Å². The number of hydrogen-bond acceptors (Lipinski definition) is 2. The van der Waals surface area contributed by atoms with Crippen molar-refractivity contribution in [3.63, 3.8) is 0 Å². The van der Waals surface area contributed by atoms with Gasteiger partial charge in [0.1, 0.15) is 17.0 Å². The van der Waals surface area contributed by atoms with Gasteiger partial charge < -0.3 is 5.11 Å². The van der Waals surface area contributed by atoms with E-state index in [-0.39, 0.29) is 10.7 Å². The molecule has 0 saturated carbocycles. The minimum Gasteiger partial charge on any atom is -0.384 e. The largest absolute Gasteiger partial charge is 0.433 e. The molecule has 1 heterocycles. The second kappa shape index (κ2) is 6.03. The summed E-state index contributed by atoms with van der Waals surface area (Å²) in [7, 11) is 0. The van der Waals surface area contributed by atoms with E-state index in [1.54, 1.807) is 12.1 Å². The number of pyridine rings is 1. The molecule has 1 aromatic heterocycles. The molecule has 0 aliphatic heterocycles. The molecular formula is C15H13ClF3NO. The number of nitrogens with zero attached hydrogens (tertiary/aromatic N) is 1. The van der Waals surface area contributed by atoms with Gasteiger partial charge in [-0.3, -0.25) is 0 Å². The van der Waals surface area contributed by atoms with Crippen LogP contribution in [0.4, 0.5) is 13.2 Å². The van der Waals surface area contributed by atoms with E-state index in [1.165, 1.54) is 0 Å². The molecule has 2 aromatic rings. The topological polar surface area (TPSA) is 33.1 Å². The highest BCUT2D eigenvalue weighted by Crippen LogP contribution is 2.33. The summed E-state index contributed by atoms with van der Waals surface area (Å²) >= 11 is 5.80. The van der Waals surface area contributed by atoms with Crippen molar-refractivity contribution in [1.82, 2.24) is 4.98 Å². The Morgan fingerprint density at radius 2 is 1.81 bits per heavy atom. The number of aliphatic hydroxyl groups excluding tert-OH is 1. The molecule has 0 aliphatic rings. The van der Waals surface area contributed by atoms with Crippen molar-refractivity contribution in [3.8, 4) is 0 Å². The van der Waals surface area contributed by atoms with Crippen LogP contribution in [0.2, 0.25) is 5.15 Å². The quantitative estimate of drug-likeness (QED) is 0.852. The molecule has 0 aliphatic carbocycles. The van der Waals surface area contributed by atoms with Crippen LogP contribution in [0, 0.1) is 0 Å². The summed E-state index contributed by atoms with van der Waals surface area (Å²) < 4.78 is 37.7. The number of benzene rings is 1. The van der Waals surface area contributed by atoms with E-state index in [2.05, 4.69) is 4.98 Å². The summed E-state index contributed by atoms with van der Waals surface area (Å²) in [6.07, 6.45) is -4.98. The van der Waals surface area contributed by atoms with Gasteiger partial charge in [0.15, 0.2) is 0 Å². The zero-order chi connectivity index (χ0) is 15.6. The Morgan fingerprint density at radius 1 is 1.14 bits per heavy atom. The van der Waals surface area contributed by atoms with E-state index in [4.69, 9.17) is 11.6 Å². The summed E-state index contributed by atoms with van der Waals surface area (Å²) in [6, 6.07) is 9.14. The van der Waals surface area contributed by atoms with E-state index in [9.17, 15) is 18.3 Å². The highest BCUT2D eigenvalue weighted by molar-refractivity contribution is 6.30. The van der Waals surface area contributed by atoms with Gasteiger partial charge in [-0.05, 0) is 23.6 Å². The number of rotatable bonds is 3. The molecule has 0 fully saturated rings. The Bertz CT molecular complexity index is 643. The SMILES string of the molecule is CCc1ccccc1C(O)c1ccc(C(F)(F)F)nc1Cl. The third-order valence-electron chi connectivity index (χ3n) is 3.19. The number of alkyl halides is 3. The fraction of sp³-hybridized carbons (Fsp3) is 0.267. The lowest BCUT2D eigenvalue weighted by Crippen LogP contribution is -2.11. The van der Waals surface area contributed by atoms with Gasteiger partial charge in [0.2, 0.25) is 0 Å².